The third-order valence-electron chi connectivity index (χ3n) is 10.6. The summed E-state index contributed by atoms with van der Waals surface area (Å²) in [7, 11) is -8.92. The molecule has 2 aromatic heterocycles. The molecule has 0 aromatic carbocycles. The molecule has 4 bridgehead atoms. The standard InChI is InChI=1S/C30H48N10O8SSi2/c1-29(2,3)50(7,8)45-19-21-13-37(33-31-21)23-11-25-17-35(15-23)27(41)39(25)47-49(43,44)48-40-26-12-24(16-36(18-26)28(40)42)38-14-22(32-34-38)20-46-51(9,10)30(4,5)6/h11-14,25-26H,15-20H2,1-10H3. The maximum absolute atomic E-state index is 13.2. The summed E-state index contributed by atoms with van der Waals surface area (Å²) in [6.45, 7) is 22.9. The van der Waals surface area contributed by atoms with Crippen molar-refractivity contribution in [3.8, 4) is 0 Å². The van der Waals surface area contributed by atoms with E-state index < -0.39 is 51.2 Å². The third kappa shape index (κ3) is 7.55. The van der Waals surface area contributed by atoms with Crippen LogP contribution in [0, 0.1) is 0 Å². The predicted molar refractivity (Wildman–Crippen MR) is 189 cm³/mol. The highest BCUT2D eigenvalue weighted by molar-refractivity contribution is 7.81. The van der Waals surface area contributed by atoms with Gasteiger partial charge in [-0.1, -0.05) is 52.0 Å². The van der Waals surface area contributed by atoms with Crippen LogP contribution in [-0.4, -0.2) is 125 Å². The number of nitrogens with zero attached hydrogens (tertiary/aromatic N) is 10. The van der Waals surface area contributed by atoms with Gasteiger partial charge in [-0.2, -0.15) is 18.5 Å². The largest absolute Gasteiger partial charge is 0.442 e. The van der Waals surface area contributed by atoms with Crippen LogP contribution < -0.4 is 0 Å². The molecule has 51 heavy (non-hydrogen) atoms. The zero-order valence-electron chi connectivity index (χ0n) is 30.9. The Balaban J connectivity index is 1.09. The van der Waals surface area contributed by atoms with Crippen LogP contribution in [0.15, 0.2) is 24.5 Å². The van der Waals surface area contributed by atoms with E-state index in [1.165, 1.54) is 9.80 Å². The van der Waals surface area contributed by atoms with Crippen molar-refractivity contribution < 1.29 is 35.4 Å². The summed E-state index contributed by atoms with van der Waals surface area (Å²) < 4.78 is 52.3. The molecule has 0 aliphatic carbocycles. The minimum atomic E-state index is -4.91. The quantitative estimate of drug-likeness (QED) is 0.287. The van der Waals surface area contributed by atoms with Gasteiger partial charge >= 0.3 is 22.5 Å². The fraction of sp³-hybridized carbons (Fsp3) is 0.667. The van der Waals surface area contributed by atoms with E-state index in [9.17, 15) is 18.0 Å². The van der Waals surface area contributed by atoms with Crippen LogP contribution in [0.1, 0.15) is 52.9 Å². The molecule has 18 nitrogen and oxygen atoms in total. The van der Waals surface area contributed by atoms with E-state index >= 15 is 0 Å². The minimum absolute atomic E-state index is 0.0383. The average Bonchev–Trinajstić information content (AvgIpc) is 3.80. The maximum atomic E-state index is 13.2. The lowest BCUT2D eigenvalue weighted by Gasteiger charge is -2.35. The van der Waals surface area contributed by atoms with Gasteiger partial charge in [-0.3, -0.25) is 0 Å². The summed E-state index contributed by atoms with van der Waals surface area (Å²) in [6.07, 6.45) is 6.86. The molecule has 4 aliphatic heterocycles. The molecule has 2 saturated heterocycles. The topological polar surface area (TPSA) is 180 Å². The summed E-state index contributed by atoms with van der Waals surface area (Å²) in [5.41, 5.74) is 2.51. The first-order chi connectivity index (χ1) is 23.5. The van der Waals surface area contributed by atoms with Crippen molar-refractivity contribution in [3.63, 3.8) is 0 Å². The molecule has 0 N–H and O–H groups in total. The molecule has 2 unspecified atom stereocenters. The van der Waals surface area contributed by atoms with Crippen LogP contribution in [0.3, 0.4) is 0 Å². The molecule has 4 aliphatic rings. The van der Waals surface area contributed by atoms with Gasteiger partial charge in [0.1, 0.15) is 23.5 Å². The van der Waals surface area contributed by atoms with E-state index in [-0.39, 0.29) is 36.3 Å². The smallest absolute Gasteiger partial charge is 0.411 e. The number of aromatic nitrogens is 6. The first kappa shape index (κ1) is 37.3. The van der Waals surface area contributed by atoms with Gasteiger partial charge in [0.25, 0.3) is 0 Å². The number of carbonyl (C=O) groups excluding carboxylic acids is 2. The van der Waals surface area contributed by atoms with Crippen molar-refractivity contribution in [2.45, 2.75) is 103 Å². The zero-order chi connectivity index (χ0) is 37.3. The maximum Gasteiger partial charge on any atom is 0.442 e. The third-order valence-corrected chi connectivity index (χ3v) is 20.2. The van der Waals surface area contributed by atoms with E-state index in [1.807, 2.05) is 0 Å². The van der Waals surface area contributed by atoms with Gasteiger partial charge in [0.2, 0.25) is 0 Å². The summed E-state index contributed by atoms with van der Waals surface area (Å²) >= 11 is 0. The van der Waals surface area contributed by atoms with E-state index in [4.69, 9.17) is 17.4 Å². The van der Waals surface area contributed by atoms with Gasteiger partial charge in [-0.05, 0) is 48.4 Å². The summed E-state index contributed by atoms with van der Waals surface area (Å²) in [5.74, 6) is 0. The van der Waals surface area contributed by atoms with Crippen LogP contribution in [-0.2, 0) is 41.0 Å². The van der Waals surface area contributed by atoms with E-state index in [2.05, 4.69) is 88.4 Å². The normalized spacial score (nSPS) is 21.6. The van der Waals surface area contributed by atoms with Crippen LogP contribution in [0.4, 0.5) is 9.59 Å². The van der Waals surface area contributed by atoms with Crippen molar-refractivity contribution in [3.05, 3.63) is 35.9 Å². The first-order valence-electron chi connectivity index (χ1n) is 16.9. The molecule has 4 amide bonds. The van der Waals surface area contributed by atoms with Gasteiger partial charge in [-0.15, -0.1) is 18.8 Å². The van der Waals surface area contributed by atoms with Crippen LogP contribution in [0.25, 0.3) is 11.4 Å². The highest BCUT2D eigenvalue weighted by Gasteiger charge is 2.48. The number of hydrogen-bond acceptors (Lipinski definition) is 12. The minimum Gasteiger partial charge on any atom is -0.411 e. The molecule has 0 spiro atoms. The monoisotopic (exact) mass is 764 g/mol. The number of hydrogen-bond donors (Lipinski definition) is 0. The fourth-order valence-electron chi connectivity index (χ4n) is 5.40. The Morgan fingerprint density at radius 2 is 1.08 bits per heavy atom. The number of rotatable bonds is 12. The SMILES string of the molecule is CC(C)(C)[Si](C)(C)OCc1cn(C2=CC3CN(C2)C(=O)N3OS(=O)(=O)ON2C(=O)N3CC(n4cc(CO[Si](C)(C)C(C)(C)C)nn4)=CC2C3)nn1. The van der Waals surface area contributed by atoms with Gasteiger partial charge in [0, 0.05) is 13.1 Å². The highest BCUT2D eigenvalue weighted by Crippen LogP contribution is 2.38. The Bertz CT molecular complexity index is 1740. The van der Waals surface area contributed by atoms with Gasteiger partial charge < -0.3 is 18.7 Å². The van der Waals surface area contributed by atoms with E-state index in [0.29, 0.717) is 36.0 Å². The van der Waals surface area contributed by atoms with Crippen molar-refractivity contribution in [2.24, 2.45) is 0 Å². The second kappa shape index (κ2) is 12.9. The van der Waals surface area contributed by atoms with Gasteiger partial charge in [0.15, 0.2) is 16.6 Å². The van der Waals surface area contributed by atoms with E-state index in [0.717, 1.165) is 10.1 Å². The molecular weight excluding hydrogens is 717 g/mol. The predicted octanol–water partition coefficient (Wildman–Crippen LogP) is 3.64. The Kier molecular flexibility index (Phi) is 9.42. The summed E-state index contributed by atoms with van der Waals surface area (Å²) in [4.78, 5) is 29.2. The lowest BCUT2D eigenvalue weighted by molar-refractivity contribution is -0.0723. The molecule has 21 heteroatoms. The number of carbonyl (C=O) groups is 2. The molecule has 2 aromatic rings. The molecule has 6 rings (SSSR count). The molecule has 280 valence electrons. The molecule has 2 atom stereocenters. The lowest BCUT2D eigenvalue weighted by Crippen LogP contribution is -2.40. The highest BCUT2D eigenvalue weighted by atomic mass is 32.3. The Hall–Kier alpha value is -3.48. The average molecular weight is 765 g/mol. The van der Waals surface area contributed by atoms with Crippen LogP contribution in [0.5, 0.6) is 0 Å². The Morgan fingerprint density at radius 1 is 0.706 bits per heavy atom. The first-order valence-corrected chi connectivity index (χ1v) is 24.0. The molecule has 0 radical (unpaired) electrons. The van der Waals surface area contributed by atoms with Crippen LogP contribution >= 0.6 is 0 Å². The van der Waals surface area contributed by atoms with Gasteiger partial charge in [-0.25, -0.2) is 19.0 Å². The van der Waals surface area contributed by atoms with Crippen molar-refractivity contribution in [1.29, 1.82) is 0 Å². The van der Waals surface area contributed by atoms with Crippen molar-refractivity contribution in [2.75, 3.05) is 26.2 Å². The zero-order valence-corrected chi connectivity index (χ0v) is 33.7. The van der Waals surface area contributed by atoms with Crippen molar-refractivity contribution >= 4 is 50.5 Å². The molecular formula is C30H48N10O8SSi2. The van der Waals surface area contributed by atoms with Gasteiger partial charge in [0.05, 0.1) is 50.1 Å². The summed E-state index contributed by atoms with van der Waals surface area (Å²) in [5, 5.41) is 18.4. The van der Waals surface area contributed by atoms with Crippen LogP contribution in [0.2, 0.25) is 36.3 Å². The molecule has 0 saturated carbocycles. The van der Waals surface area contributed by atoms with Crippen molar-refractivity contribution in [1.82, 2.24) is 49.9 Å². The number of fused-ring (bicyclic) bond motifs is 4. The number of urea groups is 2. The lowest BCUT2D eigenvalue weighted by atomic mass is 10.2. The summed E-state index contributed by atoms with van der Waals surface area (Å²) in [6, 6.07) is -2.86. The second-order valence-corrected chi connectivity index (χ2v) is 27.1. The number of hydroxylamine groups is 4. The Morgan fingerprint density at radius 3 is 1.43 bits per heavy atom. The fourth-order valence-corrected chi connectivity index (χ4v) is 8.05. The molecule has 6 heterocycles. The number of amides is 4. The second-order valence-electron chi connectivity index (χ2n) is 16.4. The molecule has 2 fully saturated rings. The van der Waals surface area contributed by atoms with E-state index in [1.54, 1.807) is 33.9 Å². The Labute approximate surface area is 300 Å².